The van der Waals surface area contributed by atoms with Gasteiger partial charge in [-0.3, -0.25) is 9.59 Å². The number of hydrogen-bond donors (Lipinski definition) is 0. The Hall–Kier alpha value is -3.40. The van der Waals surface area contributed by atoms with E-state index in [4.69, 9.17) is 4.74 Å². The molecule has 1 saturated heterocycles. The summed E-state index contributed by atoms with van der Waals surface area (Å²) < 4.78 is 5.34. The zero-order valence-electron chi connectivity index (χ0n) is 19.1. The third-order valence-corrected chi connectivity index (χ3v) is 7.38. The molecule has 3 atom stereocenters. The molecule has 0 N–H and O–H groups in total. The Labute approximate surface area is 188 Å². The summed E-state index contributed by atoms with van der Waals surface area (Å²) in [5.41, 5.74) is 4.32. The molecule has 2 aliphatic rings. The molecule has 3 aromatic carbocycles. The first-order valence-electron chi connectivity index (χ1n) is 10.9. The van der Waals surface area contributed by atoms with Crippen molar-refractivity contribution in [3.05, 3.63) is 94.5 Å². The van der Waals surface area contributed by atoms with Gasteiger partial charge < -0.3 is 4.74 Å². The Morgan fingerprint density at radius 3 is 1.78 bits per heavy atom. The molecule has 3 aromatic rings. The van der Waals surface area contributed by atoms with Gasteiger partial charge in [-0.15, -0.1) is 0 Å². The lowest BCUT2D eigenvalue weighted by atomic mass is 9.78. The Kier molecular flexibility index (Phi) is 4.35. The van der Waals surface area contributed by atoms with Gasteiger partial charge in [-0.05, 0) is 74.2 Å². The van der Waals surface area contributed by atoms with E-state index >= 15 is 0 Å². The lowest BCUT2D eigenvalue weighted by Crippen LogP contribution is -2.42. The van der Waals surface area contributed by atoms with E-state index in [2.05, 4.69) is 24.3 Å². The molecule has 5 rings (SSSR count). The van der Waals surface area contributed by atoms with Crippen molar-refractivity contribution in [2.45, 2.75) is 33.1 Å². The van der Waals surface area contributed by atoms with Crippen molar-refractivity contribution in [1.82, 2.24) is 0 Å². The maximum atomic E-state index is 13.9. The predicted octanol–water partition coefficient (Wildman–Crippen LogP) is 5.12. The van der Waals surface area contributed by atoms with Crippen molar-refractivity contribution >= 4 is 17.5 Å². The molecule has 0 bridgehead atoms. The first-order valence-corrected chi connectivity index (χ1v) is 10.9. The van der Waals surface area contributed by atoms with Crippen LogP contribution in [0.15, 0.2) is 66.7 Å². The number of carbonyl (C=O) groups is 2. The van der Waals surface area contributed by atoms with Crippen LogP contribution < -0.4 is 9.64 Å². The Morgan fingerprint density at radius 1 is 0.781 bits per heavy atom. The minimum atomic E-state index is -0.842. The van der Waals surface area contributed by atoms with E-state index in [1.807, 2.05) is 70.2 Å². The Morgan fingerprint density at radius 2 is 1.31 bits per heavy atom. The molecule has 0 unspecified atom stereocenters. The van der Waals surface area contributed by atoms with E-state index in [0.717, 1.165) is 33.6 Å². The van der Waals surface area contributed by atoms with Crippen molar-refractivity contribution in [2.75, 3.05) is 12.0 Å². The van der Waals surface area contributed by atoms with Crippen LogP contribution in [0.25, 0.3) is 0 Å². The van der Waals surface area contributed by atoms with Crippen molar-refractivity contribution in [1.29, 1.82) is 0 Å². The van der Waals surface area contributed by atoms with E-state index < -0.39 is 16.7 Å². The lowest BCUT2D eigenvalue weighted by Gasteiger charge is -2.30. The van der Waals surface area contributed by atoms with Gasteiger partial charge in [-0.1, -0.05) is 48.0 Å². The second-order valence-electron chi connectivity index (χ2n) is 9.36. The van der Waals surface area contributed by atoms with Crippen molar-refractivity contribution in [2.24, 2.45) is 11.3 Å². The van der Waals surface area contributed by atoms with Gasteiger partial charge in [-0.2, -0.15) is 0 Å². The van der Waals surface area contributed by atoms with Gasteiger partial charge in [0, 0.05) is 5.41 Å². The molecule has 162 valence electrons. The number of carbonyl (C=O) groups excluding carboxylic acids is 2. The highest BCUT2D eigenvalue weighted by Crippen LogP contribution is 2.76. The zero-order valence-corrected chi connectivity index (χ0v) is 19.1. The number of benzene rings is 3. The molecule has 2 fully saturated rings. The molecule has 1 aliphatic heterocycles. The quantitative estimate of drug-likeness (QED) is 0.546. The van der Waals surface area contributed by atoms with Crippen LogP contribution in [0.5, 0.6) is 5.75 Å². The summed E-state index contributed by atoms with van der Waals surface area (Å²) in [6.45, 7) is 7.96. The minimum absolute atomic E-state index is 0.126. The van der Waals surface area contributed by atoms with Crippen LogP contribution in [0.4, 0.5) is 5.69 Å². The van der Waals surface area contributed by atoms with Crippen LogP contribution >= 0.6 is 0 Å². The van der Waals surface area contributed by atoms with Crippen LogP contribution in [0.3, 0.4) is 0 Å². The molecule has 4 heteroatoms. The van der Waals surface area contributed by atoms with E-state index in [9.17, 15) is 9.59 Å². The van der Waals surface area contributed by atoms with Gasteiger partial charge in [0.1, 0.15) is 5.75 Å². The van der Waals surface area contributed by atoms with E-state index in [-0.39, 0.29) is 11.8 Å². The van der Waals surface area contributed by atoms with Crippen molar-refractivity contribution in [3.63, 3.8) is 0 Å². The summed E-state index contributed by atoms with van der Waals surface area (Å²) in [6, 6.07) is 21.9. The maximum Gasteiger partial charge on any atom is 0.241 e. The predicted molar refractivity (Wildman–Crippen MR) is 125 cm³/mol. The number of imide groups is 1. The lowest BCUT2D eigenvalue weighted by molar-refractivity contribution is -0.125. The van der Waals surface area contributed by atoms with Gasteiger partial charge in [0.15, 0.2) is 0 Å². The monoisotopic (exact) mass is 425 g/mol. The molecule has 4 nitrogen and oxygen atoms in total. The SMILES string of the molecule is COc1ccc([C@@]2(c3ccc(C)cc3)[C@@H]3C(=O)N(c4cc(C)cc(C)c4)C(=O)[C@@]32C)cc1. The number of nitrogens with zero attached hydrogens (tertiary/aromatic N) is 1. The van der Waals surface area contributed by atoms with E-state index in [1.165, 1.54) is 4.90 Å². The van der Waals surface area contributed by atoms with Gasteiger partial charge in [0.05, 0.1) is 24.1 Å². The summed E-state index contributed by atoms with van der Waals surface area (Å²) in [5, 5.41) is 0. The van der Waals surface area contributed by atoms with Crippen LogP contribution in [-0.2, 0) is 15.0 Å². The normalized spacial score (nSPS) is 26.3. The first-order chi connectivity index (χ1) is 15.2. The second-order valence-corrected chi connectivity index (χ2v) is 9.36. The number of piperidine rings is 1. The van der Waals surface area contributed by atoms with Gasteiger partial charge in [0.2, 0.25) is 11.8 Å². The van der Waals surface area contributed by atoms with Crippen LogP contribution in [0.1, 0.15) is 34.7 Å². The van der Waals surface area contributed by atoms with Crippen LogP contribution in [-0.4, -0.2) is 18.9 Å². The van der Waals surface area contributed by atoms with E-state index in [1.54, 1.807) is 7.11 Å². The number of methoxy groups -OCH3 is 1. The minimum Gasteiger partial charge on any atom is -0.497 e. The van der Waals surface area contributed by atoms with Crippen molar-refractivity contribution in [3.8, 4) is 5.75 Å². The summed E-state index contributed by atoms with van der Waals surface area (Å²) >= 11 is 0. The molecule has 32 heavy (non-hydrogen) atoms. The third-order valence-electron chi connectivity index (χ3n) is 7.38. The molecule has 1 saturated carbocycles. The third kappa shape index (κ3) is 2.49. The Balaban J connectivity index is 1.67. The topological polar surface area (TPSA) is 46.6 Å². The molecule has 0 aromatic heterocycles. The smallest absolute Gasteiger partial charge is 0.241 e. The number of rotatable bonds is 4. The molecule has 0 radical (unpaired) electrons. The van der Waals surface area contributed by atoms with Gasteiger partial charge in [0.25, 0.3) is 0 Å². The van der Waals surface area contributed by atoms with Crippen LogP contribution in [0.2, 0.25) is 0 Å². The average Bonchev–Trinajstić information content (AvgIpc) is 3.28. The van der Waals surface area contributed by atoms with Crippen molar-refractivity contribution < 1.29 is 14.3 Å². The van der Waals surface area contributed by atoms with Crippen LogP contribution in [0, 0.1) is 32.1 Å². The number of ether oxygens (including phenoxy) is 1. The fourth-order valence-corrected chi connectivity index (χ4v) is 5.90. The van der Waals surface area contributed by atoms with E-state index in [0.29, 0.717) is 5.69 Å². The maximum absolute atomic E-state index is 13.9. The number of fused-ring (bicyclic) bond motifs is 1. The molecular weight excluding hydrogens is 398 g/mol. The number of amides is 2. The molecule has 1 aliphatic carbocycles. The average molecular weight is 426 g/mol. The molecule has 2 amide bonds. The number of anilines is 1. The van der Waals surface area contributed by atoms with Gasteiger partial charge >= 0.3 is 0 Å². The molecule has 1 heterocycles. The fraction of sp³-hybridized carbons (Fsp3) is 0.286. The molecule has 0 spiro atoms. The number of hydrogen-bond acceptors (Lipinski definition) is 3. The Bertz CT molecular complexity index is 1220. The summed E-state index contributed by atoms with van der Waals surface area (Å²) in [6.07, 6.45) is 0. The standard InChI is InChI=1S/C28H27NO3/c1-17-6-8-20(9-7-17)28(21-10-12-23(32-5)13-11-21)24-25(30)29(26(31)27(24,28)4)22-15-18(2)14-19(3)16-22/h6-16,24H,1-5H3/t24-,27-,28+/m1/s1. The first kappa shape index (κ1) is 20.5. The fourth-order valence-electron chi connectivity index (χ4n) is 5.90. The molecular formula is C28H27NO3. The van der Waals surface area contributed by atoms with Gasteiger partial charge in [-0.25, -0.2) is 4.90 Å². The second kappa shape index (κ2) is 6.80. The largest absolute Gasteiger partial charge is 0.497 e. The zero-order chi connectivity index (χ0) is 22.8. The highest BCUT2D eigenvalue weighted by atomic mass is 16.5. The number of aryl methyl sites for hydroxylation is 3. The summed E-state index contributed by atoms with van der Waals surface area (Å²) in [5.74, 6) is 0.0467. The highest BCUT2D eigenvalue weighted by molar-refractivity contribution is 6.29. The summed E-state index contributed by atoms with van der Waals surface area (Å²) in [7, 11) is 1.63. The highest BCUT2D eigenvalue weighted by Gasteiger charge is 2.86. The summed E-state index contributed by atoms with van der Waals surface area (Å²) in [4.78, 5) is 29.2.